The van der Waals surface area contributed by atoms with Gasteiger partial charge in [-0.15, -0.1) is 0 Å². The number of carboxylic acid groups (broad SMARTS) is 1. The summed E-state index contributed by atoms with van der Waals surface area (Å²) in [5.74, 6) is -0.984. The molecule has 8 nitrogen and oxygen atoms in total. The monoisotopic (exact) mass is 581 g/mol. The number of aromatic carboxylic acids is 1. The molecule has 1 N–H and O–H groups in total. The second-order valence-electron chi connectivity index (χ2n) is 5.64. The quantitative estimate of drug-likeness (QED) is 0.243. The summed E-state index contributed by atoms with van der Waals surface area (Å²) in [4.78, 5) is 24.3. The number of nitrogens with zero attached hydrogens (tertiary/aromatic N) is 6. The van der Waals surface area contributed by atoms with Crippen molar-refractivity contribution in [3.05, 3.63) is 81.7 Å². The first-order valence-electron chi connectivity index (χ1n) is 8.43. The zero-order chi connectivity index (χ0) is 24.5. The fourth-order valence-corrected chi connectivity index (χ4v) is 2.31. The molecule has 167 valence electrons. The van der Waals surface area contributed by atoms with Crippen molar-refractivity contribution >= 4 is 58.1 Å². The minimum Gasteiger partial charge on any atom is -0.753 e. The number of rotatable bonds is 3. The molecule has 0 amide bonds. The molecule has 0 atom stereocenters. The van der Waals surface area contributed by atoms with Crippen molar-refractivity contribution in [1.29, 1.82) is 0 Å². The van der Waals surface area contributed by atoms with Gasteiger partial charge in [-0.1, -0.05) is 36.7 Å². The zero-order valence-corrected chi connectivity index (χ0v) is 21.4. The van der Waals surface area contributed by atoms with E-state index in [0.29, 0.717) is 11.4 Å². The maximum absolute atomic E-state index is 11.1. The SMILES string of the molecule is Cc1ccnc(-c2cc(C)cc(-c3cc(C(=O)O)ccn3)n2)c1.[N-]=C=S.[N-]=C=S.[N-]=C=S.[Ru+3]. The summed E-state index contributed by atoms with van der Waals surface area (Å²) >= 11 is 11.1. The molecule has 12 heteroatoms. The molecule has 3 rings (SSSR count). The summed E-state index contributed by atoms with van der Waals surface area (Å²) in [5, 5.41) is 34.5. The van der Waals surface area contributed by atoms with Gasteiger partial charge in [-0.3, -0.25) is 9.97 Å². The summed E-state index contributed by atoms with van der Waals surface area (Å²) in [6, 6.07) is 10.7. The first-order valence-corrected chi connectivity index (χ1v) is 9.65. The van der Waals surface area contributed by atoms with Crippen LogP contribution in [0, 0.1) is 13.8 Å². The van der Waals surface area contributed by atoms with Crippen LogP contribution in [0.2, 0.25) is 0 Å². The van der Waals surface area contributed by atoms with Gasteiger partial charge in [0.15, 0.2) is 0 Å². The molecule has 0 aromatic carbocycles. The topological polar surface area (TPSA) is 143 Å². The summed E-state index contributed by atoms with van der Waals surface area (Å²) < 4.78 is 0. The Morgan fingerprint density at radius 2 is 1.18 bits per heavy atom. The summed E-state index contributed by atoms with van der Waals surface area (Å²) in [7, 11) is 0. The van der Waals surface area contributed by atoms with Gasteiger partial charge in [-0.05, 0) is 61.4 Å². The van der Waals surface area contributed by atoms with E-state index in [2.05, 4.69) is 51.6 Å². The van der Waals surface area contributed by atoms with Crippen molar-refractivity contribution in [1.82, 2.24) is 15.0 Å². The standard InChI is InChI=1S/C18H15N3O2.3CNS.Ru/c1-11-3-5-19-14(7-11)16-8-12(2)9-17(21-16)15-10-13(18(22)23)4-6-20-15;3*2-1-3;/h3-10H,1-2H3,(H,22,23);;;;/q;3*-1;+3. The maximum atomic E-state index is 11.1. The van der Waals surface area contributed by atoms with Gasteiger partial charge in [0.2, 0.25) is 0 Å². The summed E-state index contributed by atoms with van der Waals surface area (Å²) in [5.41, 5.74) is 4.99. The van der Waals surface area contributed by atoms with Gasteiger partial charge in [-0.25, -0.2) is 9.78 Å². The van der Waals surface area contributed by atoms with Crippen LogP contribution in [0.3, 0.4) is 0 Å². The number of aromatic nitrogens is 3. The molecule has 3 heterocycles. The van der Waals surface area contributed by atoms with E-state index in [1.54, 1.807) is 6.20 Å². The number of carbonyl (C=O) groups is 1. The molecule has 0 bridgehead atoms. The number of isothiocyanates is 3. The molecule has 33 heavy (non-hydrogen) atoms. The van der Waals surface area contributed by atoms with Crippen LogP contribution in [0.1, 0.15) is 21.5 Å². The van der Waals surface area contributed by atoms with E-state index in [0.717, 1.165) is 22.5 Å². The van der Waals surface area contributed by atoms with Crippen molar-refractivity contribution in [2.75, 3.05) is 0 Å². The zero-order valence-electron chi connectivity index (χ0n) is 17.2. The van der Waals surface area contributed by atoms with Crippen LogP contribution in [0.4, 0.5) is 0 Å². The molecule has 0 aliphatic heterocycles. The van der Waals surface area contributed by atoms with Crippen LogP contribution in [0.25, 0.3) is 39.0 Å². The summed E-state index contributed by atoms with van der Waals surface area (Å²) in [6.07, 6.45) is 3.23. The molecular formula is C21H15N6O2RuS3. The molecule has 1 radical (unpaired) electrons. The van der Waals surface area contributed by atoms with E-state index in [1.807, 2.05) is 38.1 Å². The average Bonchev–Trinajstić information content (AvgIpc) is 2.75. The molecular weight excluding hydrogens is 566 g/mol. The van der Waals surface area contributed by atoms with Crippen LogP contribution >= 0.6 is 36.7 Å². The van der Waals surface area contributed by atoms with Gasteiger partial charge >= 0.3 is 25.4 Å². The minimum atomic E-state index is -0.984. The number of pyridine rings is 3. The normalized spacial score (nSPS) is 8.06. The van der Waals surface area contributed by atoms with Crippen molar-refractivity contribution in [2.45, 2.75) is 13.8 Å². The first-order chi connectivity index (χ1) is 15.3. The van der Waals surface area contributed by atoms with Gasteiger partial charge in [0.05, 0.1) is 28.3 Å². The maximum Gasteiger partial charge on any atom is 3.00 e. The van der Waals surface area contributed by atoms with Crippen molar-refractivity contribution in [3.8, 4) is 22.8 Å². The fraction of sp³-hybridized carbons (Fsp3) is 0.0952. The number of hydrogen-bond donors (Lipinski definition) is 1. The van der Waals surface area contributed by atoms with Crippen molar-refractivity contribution in [3.63, 3.8) is 0 Å². The molecule has 3 aromatic rings. The van der Waals surface area contributed by atoms with Gasteiger partial charge in [0, 0.05) is 12.4 Å². The minimum absolute atomic E-state index is 0. The van der Waals surface area contributed by atoms with Crippen LogP contribution in [-0.2, 0) is 19.5 Å². The van der Waals surface area contributed by atoms with Crippen molar-refractivity contribution < 1.29 is 29.4 Å². The molecule has 0 fully saturated rings. The smallest absolute Gasteiger partial charge is 0.753 e. The van der Waals surface area contributed by atoms with Crippen LogP contribution in [0.15, 0.2) is 48.8 Å². The Morgan fingerprint density at radius 1 is 0.788 bits per heavy atom. The number of thiocarbonyl (C=S) groups is 3. The van der Waals surface area contributed by atoms with E-state index < -0.39 is 5.97 Å². The second-order valence-corrected chi connectivity index (χ2v) is 6.19. The fourth-order valence-electron chi connectivity index (χ4n) is 2.31. The van der Waals surface area contributed by atoms with E-state index in [9.17, 15) is 4.79 Å². The van der Waals surface area contributed by atoms with E-state index in [-0.39, 0.29) is 25.0 Å². The molecule has 0 spiro atoms. The first kappa shape index (κ1) is 32.1. The van der Waals surface area contributed by atoms with Gasteiger partial charge in [-0.2, -0.15) is 15.5 Å². The number of hydrogen-bond acceptors (Lipinski definition) is 7. The van der Waals surface area contributed by atoms with Crippen molar-refractivity contribution in [2.24, 2.45) is 0 Å². The molecule has 0 unspecified atom stereocenters. The Hall–Kier alpha value is -3.06. The van der Waals surface area contributed by atoms with Crippen LogP contribution in [-0.4, -0.2) is 41.5 Å². The third-order valence-electron chi connectivity index (χ3n) is 3.42. The predicted molar refractivity (Wildman–Crippen MR) is 135 cm³/mol. The average molecular weight is 581 g/mol. The largest absolute Gasteiger partial charge is 3.00 e. The van der Waals surface area contributed by atoms with E-state index >= 15 is 0 Å². The molecule has 0 aliphatic carbocycles. The Kier molecular flexibility index (Phi) is 18.0. The predicted octanol–water partition coefficient (Wildman–Crippen LogP) is 5.49. The summed E-state index contributed by atoms with van der Waals surface area (Å²) in [6.45, 7) is 3.96. The molecule has 3 aromatic heterocycles. The Bertz CT molecular complexity index is 1140. The Labute approximate surface area is 219 Å². The second kappa shape index (κ2) is 18.5. The van der Waals surface area contributed by atoms with E-state index in [4.69, 9.17) is 21.3 Å². The van der Waals surface area contributed by atoms with Gasteiger partial charge in [0.25, 0.3) is 0 Å². The third-order valence-corrected chi connectivity index (χ3v) is 3.42. The molecule has 0 saturated heterocycles. The van der Waals surface area contributed by atoms with Crippen LogP contribution < -0.4 is 0 Å². The van der Waals surface area contributed by atoms with Crippen LogP contribution in [0.5, 0.6) is 0 Å². The Morgan fingerprint density at radius 3 is 1.61 bits per heavy atom. The third kappa shape index (κ3) is 12.5. The van der Waals surface area contributed by atoms with Gasteiger partial charge < -0.3 is 21.3 Å². The van der Waals surface area contributed by atoms with Gasteiger partial charge in [0.1, 0.15) is 0 Å². The molecule has 0 aliphatic rings. The number of aryl methyl sites for hydroxylation is 2. The number of carboxylic acids is 1. The Balaban J connectivity index is 0. The molecule has 0 saturated carbocycles. The van der Waals surface area contributed by atoms with E-state index in [1.165, 1.54) is 33.8 Å².